The quantitative estimate of drug-likeness (QED) is 0.843. The highest BCUT2D eigenvalue weighted by atomic mass is 32.2. The standard InChI is InChI=1S/C15H16N2OS/c1-12(18)19-10-6-5-9-14-11-16-17-15(14)13-7-3-2-4-8-13/h2-5,7-9,11H,6,10H2,1H3,(H,16,17). The summed E-state index contributed by atoms with van der Waals surface area (Å²) in [5.41, 5.74) is 3.22. The van der Waals surface area contributed by atoms with Crippen LogP contribution in [0.15, 0.2) is 42.6 Å². The number of H-pyrrole nitrogens is 1. The SMILES string of the molecule is CC(=O)SCCC=Cc1cn[nH]c1-c1ccccc1. The van der Waals surface area contributed by atoms with Gasteiger partial charge in [-0.25, -0.2) is 0 Å². The first-order valence-corrected chi connectivity index (χ1v) is 7.14. The van der Waals surface area contributed by atoms with Gasteiger partial charge in [0, 0.05) is 23.8 Å². The average Bonchev–Trinajstić information content (AvgIpc) is 2.87. The van der Waals surface area contributed by atoms with E-state index in [0.717, 1.165) is 29.0 Å². The van der Waals surface area contributed by atoms with E-state index in [2.05, 4.69) is 28.4 Å². The van der Waals surface area contributed by atoms with Gasteiger partial charge in [-0.05, 0) is 6.42 Å². The van der Waals surface area contributed by atoms with Crippen molar-refractivity contribution in [3.63, 3.8) is 0 Å². The van der Waals surface area contributed by atoms with Gasteiger partial charge in [0.1, 0.15) is 0 Å². The second kappa shape index (κ2) is 6.95. The van der Waals surface area contributed by atoms with Crippen LogP contribution in [0.3, 0.4) is 0 Å². The summed E-state index contributed by atoms with van der Waals surface area (Å²) in [5, 5.41) is 7.28. The van der Waals surface area contributed by atoms with Crippen LogP contribution in [0.1, 0.15) is 18.9 Å². The molecule has 1 aromatic heterocycles. The molecule has 0 radical (unpaired) electrons. The van der Waals surface area contributed by atoms with Crippen LogP contribution in [0.4, 0.5) is 0 Å². The maximum Gasteiger partial charge on any atom is 0.185 e. The molecule has 0 bridgehead atoms. The van der Waals surface area contributed by atoms with E-state index in [1.165, 1.54) is 11.8 Å². The highest BCUT2D eigenvalue weighted by Crippen LogP contribution is 2.21. The molecule has 2 rings (SSSR count). The number of benzene rings is 1. The van der Waals surface area contributed by atoms with Crippen LogP contribution < -0.4 is 0 Å². The number of hydrogen-bond donors (Lipinski definition) is 1. The van der Waals surface area contributed by atoms with E-state index in [0.29, 0.717) is 0 Å². The van der Waals surface area contributed by atoms with Gasteiger partial charge >= 0.3 is 0 Å². The molecule has 3 nitrogen and oxygen atoms in total. The van der Waals surface area contributed by atoms with Crippen LogP contribution in [-0.2, 0) is 4.79 Å². The molecule has 1 aromatic carbocycles. The maximum absolute atomic E-state index is 10.8. The number of carbonyl (C=O) groups excluding carboxylic acids is 1. The van der Waals surface area contributed by atoms with Crippen LogP contribution in [0.5, 0.6) is 0 Å². The zero-order chi connectivity index (χ0) is 13.5. The summed E-state index contributed by atoms with van der Waals surface area (Å²) in [5.74, 6) is 0.824. The number of rotatable bonds is 5. The van der Waals surface area contributed by atoms with Gasteiger partial charge in [0.25, 0.3) is 0 Å². The minimum absolute atomic E-state index is 0.168. The van der Waals surface area contributed by atoms with E-state index < -0.39 is 0 Å². The Morgan fingerprint density at radius 3 is 2.89 bits per heavy atom. The molecule has 0 fully saturated rings. The van der Waals surface area contributed by atoms with Crippen LogP contribution in [0, 0.1) is 0 Å². The highest BCUT2D eigenvalue weighted by Gasteiger charge is 2.03. The Morgan fingerprint density at radius 1 is 1.37 bits per heavy atom. The predicted octanol–water partition coefficient (Wildman–Crippen LogP) is 3.76. The van der Waals surface area contributed by atoms with Gasteiger partial charge in [-0.15, -0.1) is 0 Å². The molecule has 98 valence electrons. The molecule has 0 unspecified atom stereocenters. The molecular formula is C15H16N2OS. The van der Waals surface area contributed by atoms with Crippen molar-refractivity contribution in [3.05, 3.63) is 48.2 Å². The van der Waals surface area contributed by atoms with E-state index in [-0.39, 0.29) is 5.12 Å². The lowest BCUT2D eigenvalue weighted by molar-refractivity contribution is -0.109. The summed E-state index contributed by atoms with van der Waals surface area (Å²) in [4.78, 5) is 10.8. The monoisotopic (exact) mass is 272 g/mol. The number of allylic oxidation sites excluding steroid dienone is 1. The summed E-state index contributed by atoms with van der Waals surface area (Å²) in [6.45, 7) is 1.60. The van der Waals surface area contributed by atoms with Gasteiger partial charge < -0.3 is 0 Å². The van der Waals surface area contributed by atoms with Crippen molar-refractivity contribution in [1.29, 1.82) is 0 Å². The zero-order valence-corrected chi connectivity index (χ0v) is 11.6. The summed E-state index contributed by atoms with van der Waals surface area (Å²) >= 11 is 1.36. The fraction of sp³-hybridized carbons (Fsp3) is 0.200. The lowest BCUT2D eigenvalue weighted by Crippen LogP contribution is -1.84. The third kappa shape index (κ3) is 4.10. The molecule has 0 saturated carbocycles. The number of thioether (sulfide) groups is 1. The summed E-state index contributed by atoms with van der Waals surface area (Å²) < 4.78 is 0. The molecular weight excluding hydrogens is 256 g/mol. The molecule has 0 spiro atoms. The average molecular weight is 272 g/mol. The van der Waals surface area contributed by atoms with E-state index in [4.69, 9.17) is 0 Å². The minimum Gasteiger partial charge on any atom is -0.288 e. The first-order valence-electron chi connectivity index (χ1n) is 6.16. The Kier molecular flexibility index (Phi) is 4.98. The number of hydrogen-bond acceptors (Lipinski definition) is 3. The van der Waals surface area contributed by atoms with Crippen molar-refractivity contribution >= 4 is 23.0 Å². The second-order valence-electron chi connectivity index (χ2n) is 4.10. The van der Waals surface area contributed by atoms with Crippen LogP contribution in [-0.4, -0.2) is 21.1 Å². The van der Waals surface area contributed by atoms with E-state index in [9.17, 15) is 4.79 Å². The molecule has 0 aliphatic carbocycles. The van der Waals surface area contributed by atoms with Crippen molar-refractivity contribution in [2.75, 3.05) is 5.75 Å². The van der Waals surface area contributed by atoms with Crippen LogP contribution in [0.2, 0.25) is 0 Å². The van der Waals surface area contributed by atoms with E-state index >= 15 is 0 Å². The fourth-order valence-corrected chi connectivity index (χ4v) is 2.28. The Balaban J connectivity index is 2.00. The number of aromatic amines is 1. The topological polar surface area (TPSA) is 45.8 Å². The zero-order valence-electron chi connectivity index (χ0n) is 10.8. The highest BCUT2D eigenvalue weighted by molar-refractivity contribution is 8.13. The molecule has 0 aliphatic heterocycles. The number of carbonyl (C=O) groups is 1. The van der Waals surface area contributed by atoms with Crippen LogP contribution >= 0.6 is 11.8 Å². The fourth-order valence-electron chi connectivity index (χ4n) is 1.74. The van der Waals surface area contributed by atoms with Gasteiger partial charge in [0.2, 0.25) is 0 Å². The van der Waals surface area contributed by atoms with E-state index in [1.807, 2.05) is 30.5 Å². The Hall–Kier alpha value is -1.81. The lowest BCUT2D eigenvalue weighted by atomic mass is 10.1. The van der Waals surface area contributed by atoms with Gasteiger partial charge in [0.05, 0.1) is 11.9 Å². The van der Waals surface area contributed by atoms with Gasteiger partial charge in [-0.1, -0.05) is 54.2 Å². The normalized spacial score (nSPS) is 11.0. The molecule has 0 amide bonds. The second-order valence-corrected chi connectivity index (χ2v) is 5.37. The molecule has 19 heavy (non-hydrogen) atoms. The molecule has 1 N–H and O–H groups in total. The molecule has 1 heterocycles. The predicted molar refractivity (Wildman–Crippen MR) is 80.8 cm³/mol. The summed E-state index contributed by atoms with van der Waals surface area (Å²) in [7, 11) is 0. The number of aromatic nitrogens is 2. The van der Waals surface area contributed by atoms with Crippen molar-refractivity contribution in [1.82, 2.24) is 10.2 Å². The summed E-state index contributed by atoms with van der Waals surface area (Å²) in [6.07, 6.45) is 6.82. The third-order valence-electron chi connectivity index (χ3n) is 2.62. The largest absolute Gasteiger partial charge is 0.288 e. The smallest absolute Gasteiger partial charge is 0.185 e. The summed E-state index contributed by atoms with van der Waals surface area (Å²) in [6, 6.07) is 10.1. The van der Waals surface area contributed by atoms with Gasteiger partial charge in [-0.2, -0.15) is 5.10 Å². The maximum atomic E-state index is 10.8. The first kappa shape index (κ1) is 13.6. The Morgan fingerprint density at radius 2 is 2.16 bits per heavy atom. The minimum atomic E-state index is 0.168. The van der Waals surface area contributed by atoms with Gasteiger partial charge in [0.15, 0.2) is 5.12 Å². The van der Waals surface area contributed by atoms with Crippen molar-refractivity contribution in [3.8, 4) is 11.3 Å². The first-order chi connectivity index (χ1) is 9.27. The van der Waals surface area contributed by atoms with Crippen molar-refractivity contribution in [2.45, 2.75) is 13.3 Å². The van der Waals surface area contributed by atoms with Crippen LogP contribution in [0.25, 0.3) is 17.3 Å². The molecule has 0 saturated heterocycles. The van der Waals surface area contributed by atoms with E-state index in [1.54, 1.807) is 6.92 Å². The molecule has 2 aromatic rings. The molecule has 4 heteroatoms. The van der Waals surface area contributed by atoms with Gasteiger partial charge in [-0.3, -0.25) is 9.89 Å². The van der Waals surface area contributed by atoms with Crippen molar-refractivity contribution in [2.24, 2.45) is 0 Å². The lowest BCUT2D eigenvalue weighted by Gasteiger charge is -1.99. The number of nitrogens with one attached hydrogen (secondary N) is 1. The van der Waals surface area contributed by atoms with Crippen molar-refractivity contribution < 1.29 is 4.79 Å². The molecule has 0 atom stereocenters. The molecule has 0 aliphatic rings. The Labute approximate surface area is 117 Å². The third-order valence-corrected chi connectivity index (χ3v) is 3.46. The Bertz CT molecular complexity index is 561. The number of nitrogens with zero attached hydrogens (tertiary/aromatic N) is 1.